The molecule has 0 aliphatic carbocycles. The Balaban J connectivity index is 1.44. The predicted molar refractivity (Wildman–Crippen MR) is 115 cm³/mol. The molecular formula is C22H26N4O2S. The first kappa shape index (κ1) is 19.9. The summed E-state index contributed by atoms with van der Waals surface area (Å²) in [5.41, 5.74) is 1.63. The summed E-state index contributed by atoms with van der Waals surface area (Å²) in [6.07, 6.45) is 8.57. The van der Waals surface area contributed by atoms with E-state index in [9.17, 15) is 4.79 Å². The number of benzene rings is 1. The van der Waals surface area contributed by atoms with Gasteiger partial charge in [-0.05, 0) is 38.1 Å². The van der Waals surface area contributed by atoms with Crippen molar-refractivity contribution in [1.29, 1.82) is 0 Å². The van der Waals surface area contributed by atoms with Gasteiger partial charge >= 0.3 is 0 Å². The van der Waals surface area contributed by atoms with Crippen LogP contribution < -0.4 is 5.32 Å². The Hall–Kier alpha value is -2.38. The first-order chi connectivity index (χ1) is 14.3. The fourth-order valence-corrected chi connectivity index (χ4v) is 4.52. The number of nitrogens with one attached hydrogen (secondary N) is 1. The molecule has 3 aromatic rings. The number of fused-ring (bicyclic) bond motifs is 1. The van der Waals surface area contributed by atoms with Crippen LogP contribution in [0.1, 0.15) is 41.8 Å². The van der Waals surface area contributed by atoms with Crippen molar-refractivity contribution < 1.29 is 9.21 Å². The maximum atomic E-state index is 12.9. The van der Waals surface area contributed by atoms with Crippen molar-refractivity contribution in [3.05, 3.63) is 54.0 Å². The highest BCUT2D eigenvalue weighted by Gasteiger charge is 2.21. The third-order valence-electron chi connectivity index (χ3n) is 5.20. The molecule has 0 saturated carbocycles. The average molecular weight is 411 g/mol. The topological polar surface area (TPSA) is 71.3 Å². The summed E-state index contributed by atoms with van der Waals surface area (Å²) < 4.78 is 5.93. The Morgan fingerprint density at radius 1 is 1.07 bits per heavy atom. The smallest absolute Gasteiger partial charge is 0.287 e. The average Bonchev–Trinajstić information content (AvgIpc) is 2.92. The molecule has 29 heavy (non-hydrogen) atoms. The van der Waals surface area contributed by atoms with Gasteiger partial charge in [0.15, 0.2) is 10.9 Å². The molecule has 4 rings (SSSR count). The molecule has 1 amide bonds. The lowest BCUT2D eigenvalue weighted by Gasteiger charge is -2.19. The SMILES string of the molecule is O=C(NCCN1CCCCCC1)c1oc2ccccc2c1CSc1ncccn1. The largest absolute Gasteiger partial charge is 0.451 e. The number of furan rings is 1. The van der Waals surface area contributed by atoms with Crippen LogP contribution in [0.2, 0.25) is 0 Å². The molecular weight excluding hydrogens is 384 g/mol. The minimum atomic E-state index is -0.152. The van der Waals surface area contributed by atoms with E-state index in [2.05, 4.69) is 20.2 Å². The molecule has 0 bridgehead atoms. The molecule has 2 aromatic heterocycles. The monoisotopic (exact) mass is 410 g/mol. The van der Waals surface area contributed by atoms with Crippen molar-refractivity contribution >= 4 is 28.6 Å². The number of hydrogen-bond donors (Lipinski definition) is 1. The van der Waals surface area contributed by atoms with Crippen molar-refractivity contribution in [3.8, 4) is 0 Å². The minimum Gasteiger partial charge on any atom is -0.451 e. The lowest BCUT2D eigenvalue weighted by molar-refractivity contribution is 0.0922. The van der Waals surface area contributed by atoms with Crippen LogP contribution in [-0.2, 0) is 5.75 Å². The Morgan fingerprint density at radius 2 is 1.83 bits per heavy atom. The van der Waals surface area contributed by atoms with Crippen molar-refractivity contribution in [2.45, 2.75) is 36.6 Å². The highest BCUT2D eigenvalue weighted by molar-refractivity contribution is 7.98. The molecule has 1 N–H and O–H groups in total. The molecule has 6 nitrogen and oxygen atoms in total. The lowest BCUT2D eigenvalue weighted by atomic mass is 10.1. The van der Waals surface area contributed by atoms with E-state index in [0.717, 1.165) is 36.2 Å². The van der Waals surface area contributed by atoms with Gasteiger partial charge < -0.3 is 14.6 Å². The Kier molecular flexibility index (Phi) is 6.79. The third kappa shape index (κ3) is 5.16. The van der Waals surface area contributed by atoms with Gasteiger partial charge in [0.25, 0.3) is 5.91 Å². The molecule has 7 heteroatoms. The van der Waals surface area contributed by atoms with Crippen molar-refractivity contribution in [3.63, 3.8) is 0 Å². The summed E-state index contributed by atoms with van der Waals surface area (Å²) in [6.45, 7) is 3.76. The zero-order valence-electron chi connectivity index (χ0n) is 16.5. The first-order valence-corrected chi connectivity index (χ1v) is 11.2. The molecule has 0 spiro atoms. The van der Waals surface area contributed by atoms with E-state index in [1.54, 1.807) is 18.5 Å². The van der Waals surface area contributed by atoms with Gasteiger partial charge in [-0.25, -0.2) is 9.97 Å². The second-order valence-corrected chi connectivity index (χ2v) is 8.18. The van der Waals surface area contributed by atoms with E-state index in [1.165, 1.54) is 37.4 Å². The fourth-order valence-electron chi connectivity index (χ4n) is 3.69. The van der Waals surface area contributed by atoms with E-state index in [1.807, 2.05) is 24.3 Å². The van der Waals surface area contributed by atoms with Crippen molar-refractivity contribution in [2.24, 2.45) is 0 Å². The summed E-state index contributed by atoms with van der Waals surface area (Å²) in [4.78, 5) is 23.8. The highest BCUT2D eigenvalue weighted by atomic mass is 32.2. The van der Waals surface area contributed by atoms with Gasteiger partial charge in [0.05, 0.1) is 0 Å². The van der Waals surface area contributed by atoms with Gasteiger partial charge in [-0.1, -0.05) is 42.8 Å². The Morgan fingerprint density at radius 3 is 2.62 bits per heavy atom. The number of likely N-dealkylation sites (tertiary alicyclic amines) is 1. The number of carbonyl (C=O) groups is 1. The normalized spacial score (nSPS) is 15.3. The summed E-state index contributed by atoms with van der Waals surface area (Å²) >= 11 is 1.50. The zero-order valence-corrected chi connectivity index (χ0v) is 17.3. The number of carbonyl (C=O) groups excluding carboxylic acids is 1. The van der Waals surface area contributed by atoms with Crippen LogP contribution in [0, 0.1) is 0 Å². The standard InChI is InChI=1S/C22H26N4O2S/c27-21(23-12-15-26-13-5-1-2-6-14-26)20-18(16-29-22-24-10-7-11-25-22)17-8-3-4-9-19(17)28-20/h3-4,7-11H,1-2,5-6,12-16H2,(H,23,27). The summed E-state index contributed by atoms with van der Waals surface area (Å²) in [5.74, 6) is 0.821. The van der Waals surface area contributed by atoms with Crippen LogP contribution >= 0.6 is 11.8 Å². The van der Waals surface area contributed by atoms with Gasteiger partial charge in [0, 0.05) is 42.2 Å². The number of thioether (sulfide) groups is 1. The quantitative estimate of drug-likeness (QED) is 0.467. The van der Waals surface area contributed by atoms with Crippen molar-refractivity contribution in [1.82, 2.24) is 20.2 Å². The second kappa shape index (κ2) is 9.89. The summed E-state index contributed by atoms with van der Waals surface area (Å²) in [6, 6.07) is 9.57. The van der Waals surface area contributed by atoms with Crippen LogP contribution in [0.3, 0.4) is 0 Å². The predicted octanol–water partition coefficient (Wildman–Crippen LogP) is 4.12. The zero-order chi connectivity index (χ0) is 19.9. The molecule has 3 heterocycles. The van der Waals surface area contributed by atoms with E-state index >= 15 is 0 Å². The van der Waals surface area contributed by atoms with Crippen LogP contribution in [0.25, 0.3) is 11.0 Å². The number of aromatic nitrogens is 2. The number of para-hydroxylation sites is 1. The molecule has 0 atom stereocenters. The number of amides is 1. The molecule has 0 unspecified atom stereocenters. The van der Waals surface area contributed by atoms with Crippen LogP contribution in [0.15, 0.2) is 52.3 Å². The maximum Gasteiger partial charge on any atom is 0.287 e. The Bertz CT molecular complexity index is 936. The molecule has 1 saturated heterocycles. The minimum absolute atomic E-state index is 0.152. The van der Waals surface area contributed by atoms with E-state index in [0.29, 0.717) is 23.2 Å². The molecule has 152 valence electrons. The number of hydrogen-bond acceptors (Lipinski definition) is 6. The molecule has 1 aliphatic rings. The van der Waals surface area contributed by atoms with Crippen LogP contribution in [-0.4, -0.2) is 47.0 Å². The van der Waals surface area contributed by atoms with Crippen LogP contribution in [0.5, 0.6) is 0 Å². The van der Waals surface area contributed by atoms with Gasteiger partial charge in [-0.2, -0.15) is 0 Å². The van der Waals surface area contributed by atoms with E-state index in [4.69, 9.17) is 4.42 Å². The highest BCUT2D eigenvalue weighted by Crippen LogP contribution is 2.30. The summed E-state index contributed by atoms with van der Waals surface area (Å²) in [5, 5.41) is 4.70. The van der Waals surface area contributed by atoms with Gasteiger partial charge in [-0.15, -0.1) is 0 Å². The maximum absolute atomic E-state index is 12.9. The lowest BCUT2D eigenvalue weighted by Crippen LogP contribution is -2.35. The Labute approximate surface area is 175 Å². The van der Waals surface area contributed by atoms with Crippen molar-refractivity contribution in [2.75, 3.05) is 26.2 Å². The number of rotatable bonds is 7. The molecule has 1 aliphatic heterocycles. The molecule has 1 aromatic carbocycles. The molecule has 1 fully saturated rings. The first-order valence-electron chi connectivity index (χ1n) is 10.2. The van der Waals surface area contributed by atoms with E-state index < -0.39 is 0 Å². The fraction of sp³-hybridized carbons (Fsp3) is 0.409. The molecule has 0 radical (unpaired) electrons. The number of nitrogens with zero attached hydrogens (tertiary/aromatic N) is 3. The van der Waals surface area contributed by atoms with Gasteiger partial charge in [-0.3, -0.25) is 4.79 Å². The summed E-state index contributed by atoms with van der Waals surface area (Å²) in [7, 11) is 0. The van der Waals surface area contributed by atoms with Gasteiger partial charge in [0.1, 0.15) is 5.58 Å². The van der Waals surface area contributed by atoms with Crippen LogP contribution in [0.4, 0.5) is 0 Å². The second-order valence-electron chi connectivity index (χ2n) is 7.24. The van der Waals surface area contributed by atoms with E-state index in [-0.39, 0.29) is 5.91 Å². The third-order valence-corrected chi connectivity index (χ3v) is 6.11. The van der Waals surface area contributed by atoms with Gasteiger partial charge in [0.2, 0.25) is 0 Å².